The fourth-order valence-electron chi connectivity index (χ4n) is 14.0. The van der Waals surface area contributed by atoms with E-state index in [0.717, 1.165) is 12.8 Å². The van der Waals surface area contributed by atoms with E-state index in [2.05, 4.69) is 295 Å². The number of hydrogen-bond acceptors (Lipinski definition) is 3. The largest absolute Gasteiger partial charge is 0.330 e. The van der Waals surface area contributed by atoms with E-state index in [1.165, 1.54) is 112 Å². The summed E-state index contributed by atoms with van der Waals surface area (Å²) in [7, 11) is 0. The summed E-state index contributed by atoms with van der Waals surface area (Å²) in [5, 5.41) is 0. The Hall–Kier alpha value is -6.78. The molecule has 4 aliphatic rings. The second kappa shape index (κ2) is 17.1. The highest BCUT2D eigenvalue weighted by Crippen LogP contribution is 2.67. The van der Waals surface area contributed by atoms with Crippen LogP contribution in [-0.4, -0.2) is 6.71 Å². The van der Waals surface area contributed by atoms with Gasteiger partial charge in [0.05, 0.1) is 11.0 Å². The van der Waals surface area contributed by atoms with E-state index in [4.69, 9.17) is 0 Å². The van der Waals surface area contributed by atoms with Crippen molar-refractivity contribution in [2.75, 3.05) is 14.7 Å². The van der Waals surface area contributed by atoms with Crippen molar-refractivity contribution < 1.29 is 0 Å². The zero-order chi connectivity index (χ0) is 54.6. The van der Waals surface area contributed by atoms with Gasteiger partial charge in [0.1, 0.15) is 0 Å². The van der Waals surface area contributed by atoms with Gasteiger partial charge in [-0.3, -0.25) is 0 Å². The van der Waals surface area contributed by atoms with Crippen molar-refractivity contribution in [2.24, 2.45) is 0 Å². The van der Waals surface area contributed by atoms with Crippen LogP contribution in [0.15, 0.2) is 170 Å². The zero-order valence-electron chi connectivity index (χ0n) is 49.0. The van der Waals surface area contributed by atoms with Crippen molar-refractivity contribution >= 4 is 68.6 Å². The van der Waals surface area contributed by atoms with Gasteiger partial charge in [0.25, 0.3) is 6.71 Å². The molecule has 8 aromatic carbocycles. The molecule has 2 atom stereocenters. The third-order valence-corrected chi connectivity index (χ3v) is 18.4. The Morgan fingerprint density at radius 3 is 1.26 bits per heavy atom. The summed E-state index contributed by atoms with van der Waals surface area (Å²) >= 11 is 0. The van der Waals surface area contributed by atoms with Gasteiger partial charge >= 0.3 is 0 Å². The van der Waals surface area contributed by atoms with Crippen molar-refractivity contribution in [3.63, 3.8) is 0 Å². The van der Waals surface area contributed by atoms with Crippen LogP contribution in [0.2, 0.25) is 0 Å². The van der Waals surface area contributed by atoms with Gasteiger partial charge < -0.3 is 14.7 Å². The quantitative estimate of drug-likeness (QED) is 0.163. The number of fused-ring (bicyclic) bond motifs is 9. The highest BCUT2D eigenvalue weighted by atomic mass is 15.3. The van der Waals surface area contributed by atoms with E-state index >= 15 is 0 Å². The molecule has 390 valence electrons. The number of nitrogens with zero attached hydrogens (tertiary/aromatic N) is 3. The molecule has 0 saturated heterocycles. The van der Waals surface area contributed by atoms with Gasteiger partial charge in [-0.25, -0.2) is 0 Å². The molecule has 1 aliphatic carbocycles. The van der Waals surface area contributed by atoms with E-state index < -0.39 is 5.54 Å². The lowest BCUT2D eigenvalue weighted by molar-refractivity contribution is 0.270. The van der Waals surface area contributed by atoms with Crippen LogP contribution in [0.5, 0.6) is 0 Å². The molecular weight excluding hydrogens is 930 g/mol. The van der Waals surface area contributed by atoms with Crippen LogP contribution >= 0.6 is 0 Å². The standard InChI is InChI=1S/C73H80BN3/c1-67(2,3)48-26-33-54(34-27-48)75-62-38-31-52(70(10,11)12)43-59(62)74-60-44-53(71(13,14)15)32-39-63(60)76(55-35-28-49(29-36-55)68(4,5)6)65-46-56(45-64(75)66(65)74)77-61-37-30-51(69(7,8)9)42-58(61)73(50-23-18-17-19-24-50)41-40-47-22-20-21-25-57(47)72(73,77)16/h17-39,42-46H,40-41H2,1-16H3. The minimum absolute atomic E-state index is 0.00855. The molecule has 0 saturated carbocycles. The molecule has 2 unspecified atom stereocenters. The molecule has 0 aromatic heterocycles. The smallest absolute Gasteiger partial charge is 0.252 e. The van der Waals surface area contributed by atoms with Crippen molar-refractivity contribution in [2.45, 2.75) is 162 Å². The fraction of sp³-hybridized carbons (Fsp3) is 0.342. The average Bonchev–Trinajstić information content (AvgIpc) is 3.64. The summed E-state index contributed by atoms with van der Waals surface area (Å²) in [6.45, 7) is 37.7. The molecule has 0 spiro atoms. The first-order chi connectivity index (χ1) is 36.2. The maximum Gasteiger partial charge on any atom is 0.252 e. The summed E-state index contributed by atoms with van der Waals surface area (Å²) < 4.78 is 0. The minimum Gasteiger partial charge on any atom is -0.330 e. The molecule has 77 heavy (non-hydrogen) atoms. The molecule has 3 nitrogen and oxygen atoms in total. The van der Waals surface area contributed by atoms with Gasteiger partial charge in [0.15, 0.2) is 0 Å². The molecule has 12 rings (SSSR count). The maximum atomic E-state index is 2.81. The summed E-state index contributed by atoms with van der Waals surface area (Å²) in [4.78, 5) is 8.07. The molecule has 0 fully saturated rings. The Labute approximate surface area is 462 Å². The summed E-state index contributed by atoms with van der Waals surface area (Å²) in [5.74, 6) is 0. The van der Waals surface area contributed by atoms with E-state index in [0.29, 0.717) is 0 Å². The van der Waals surface area contributed by atoms with Gasteiger partial charge in [-0.1, -0.05) is 219 Å². The highest BCUT2D eigenvalue weighted by molar-refractivity contribution is 7.00. The highest BCUT2D eigenvalue weighted by Gasteiger charge is 2.63. The molecular formula is C73H80BN3. The molecule has 3 aliphatic heterocycles. The second-order valence-electron chi connectivity index (χ2n) is 28.5. The monoisotopic (exact) mass is 1010 g/mol. The molecule has 8 aromatic rings. The fourth-order valence-corrected chi connectivity index (χ4v) is 14.0. The summed E-state index contributed by atoms with van der Waals surface area (Å²) in [6, 6.07) is 67.5. The zero-order valence-corrected chi connectivity index (χ0v) is 49.0. The number of hydrogen-bond donors (Lipinski definition) is 0. The van der Waals surface area contributed by atoms with Crippen LogP contribution in [-0.2, 0) is 44.4 Å². The first-order valence-corrected chi connectivity index (χ1v) is 28.6. The van der Waals surface area contributed by atoms with Gasteiger partial charge in [0, 0.05) is 45.5 Å². The van der Waals surface area contributed by atoms with Crippen molar-refractivity contribution in [1.29, 1.82) is 0 Å². The molecule has 0 N–H and O–H groups in total. The van der Waals surface area contributed by atoms with E-state index in [1.54, 1.807) is 0 Å². The van der Waals surface area contributed by atoms with E-state index in [-0.39, 0.29) is 39.2 Å². The topological polar surface area (TPSA) is 9.72 Å². The van der Waals surface area contributed by atoms with Gasteiger partial charge in [-0.05, 0) is 168 Å². The predicted octanol–water partition coefficient (Wildman–Crippen LogP) is 17.6. The van der Waals surface area contributed by atoms with Crippen LogP contribution < -0.4 is 31.1 Å². The van der Waals surface area contributed by atoms with Crippen LogP contribution in [0, 0.1) is 0 Å². The molecule has 0 bridgehead atoms. The van der Waals surface area contributed by atoms with Crippen molar-refractivity contribution in [1.82, 2.24) is 0 Å². The van der Waals surface area contributed by atoms with Crippen LogP contribution in [0.3, 0.4) is 0 Å². The van der Waals surface area contributed by atoms with Crippen LogP contribution in [0.4, 0.5) is 45.5 Å². The first kappa shape index (κ1) is 51.0. The van der Waals surface area contributed by atoms with Crippen LogP contribution in [0.1, 0.15) is 167 Å². The Morgan fingerprint density at radius 1 is 0.377 bits per heavy atom. The Bertz CT molecular complexity index is 3480. The second-order valence-corrected chi connectivity index (χ2v) is 28.5. The molecule has 3 heterocycles. The molecule has 0 amide bonds. The van der Waals surface area contributed by atoms with E-state index in [1.807, 2.05) is 0 Å². The Morgan fingerprint density at radius 2 is 0.792 bits per heavy atom. The summed E-state index contributed by atoms with van der Waals surface area (Å²) in [5.41, 5.74) is 25.1. The SMILES string of the molecule is CC(C)(C)c1ccc(N2c3ccc(C(C)(C)C)cc3B3c4cc(C(C)(C)C)ccc4N(c4ccc(C(C)(C)C)cc4)c4cc(N5c6ccc(C(C)(C)C)cc6C6(c7ccccc7)CCc7ccccc7C56C)cc2c43)cc1. The third kappa shape index (κ3) is 7.80. The maximum absolute atomic E-state index is 2.81. The summed E-state index contributed by atoms with van der Waals surface area (Å²) in [6.07, 6.45) is 2.00. The Kier molecular flexibility index (Phi) is 11.3. The van der Waals surface area contributed by atoms with Crippen molar-refractivity contribution in [3.05, 3.63) is 220 Å². The number of benzene rings is 8. The normalized spacial score (nSPS) is 18.8. The lowest BCUT2D eigenvalue weighted by Gasteiger charge is -2.53. The van der Waals surface area contributed by atoms with Gasteiger partial charge in [0.2, 0.25) is 0 Å². The lowest BCUT2D eigenvalue weighted by atomic mass is 9.33. The van der Waals surface area contributed by atoms with E-state index in [9.17, 15) is 0 Å². The van der Waals surface area contributed by atoms with Gasteiger partial charge in [-0.15, -0.1) is 0 Å². The predicted molar refractivity (Wildman–Crippen MR) is 332 cm³/mol. The Balaban J connectivity index is 1.24. The minimum atomic E-state index is -0.525. The average molecular weight is 1010 g/mol. The number of rotatable bonds is 4. The third-order valence-electron chi connectivity index (χ3n) is 18.4. The molecule has 4 heteroatoms. The van der Waals surface area contributed by atoms with Gasteiger partial charge in [-0.2, -0.15) is 0 Å². The lowest BCUT2D eigenvalue weighted by Crippen LogP contribution is -2.62. The van der Waals surface area contributed by atoms with Crippen LogP contribution in [0.25, 0.3) is 0 Å². The molecule has 0 radical (unpaired) electrons. The van der Waals surface area contributed by atoms with Crippen molar-refractivity contribution in [3.8, 4) is 0 Å². The number of aryl methyl sites for hydroxylation is 1. The number of anilines is 8. The first-order valence-electron chi connectivity index (χ1n) is 28.6.